The first-order valence-electron chi connectivity index (χ1n) is 7.73. The molecule has 0 radical (unpaired) electrons. The van der Waals surface area contributed by atoms with Crippen molar-refractivity contribution in [1.82, 2.24) is 4.98 Å². The molecule has 4 atom stereocenters. The number of hydrogen-bond acceptors (Lipinski definition) is 7. The molecule has 140 valence electrons. The number of thioether (sulfide) groups is 1. The van der Waals surface area contributed by atoms with E-state index >= 15 is 0 Å². The van der Waals surface area contributed by atoms with E-state index in [9.17, 15) is 24.1 Å². The van der Waals surface area contributed by atoms with Gasteiger partial charge in [0.15, 0.2) is 17.0 Å². The topological polar surface area (TPSA) is 92.0 Å². The SMILES string of the molecule is COc1ncccc1-c1cc(F)c(F)c(O[C@@H]2SC[C@@H](O)[C@H](O)[C@H]2O)c1. The summed E-state index contributed by atoms with van der Waals surface area (Å²) in [5.74, 6) is -2.46. The second-order valence-electron chi connectivity index (χ2n) is 5.70. The maximum atomic E-state index is 14.2. The second kappa shape index (κ2) is 7.75. The van der Waals surface area contributed by atoms with Crippen LogP contribution < -0.4 is 9.47 Å². The highest BCUT2D eigenvalue weighted by Crippen LogP contribution is 2.36. The highest BCUT2D eigenvalue weighted by molar-refractivity contribution is 7.99. The number of aliphatic hydroxyl groups is 3. The summed E-state index contributed by atoms with van der Waals surface area (Å²) >= 11 is 0.994. The van der Waals surface area contributed by atoms with Gasteiger partial charge in [0.05, 0.1) is 13.2 Å². The molecule has 0 amide bonds. The predicted molar refractivity (Wildman–Crippen MR) is 91.0 cm³/mol. The van der Waals surface area contributed by atoms with Crippen LogP contribution in [0.25, 0.3) is 11.1 Å². The third kappa shape index (κ3) is 3.61. The summed E-state index contributed by atoms with van der Waals surface area (Å²) in [5.41, 5.74) is -0.348. The number of halogens is 2. The molecular weight excluding hydrogens is 368 g/mol. The maximum Gasteiger partial charge on any atom is 0.221 e. The molecule has 0 aliphatic carbocycles. The molecule has 2 aromatic rings. The van der Waals surface area contributed by atoms with Crippen LogP contribution in [0.4, 0.5) is 8.78 Å². The van der Waals surface area contributed by atoms with E-state index in [-0.39, 0.29) is 17.2 Å². The molecule has 0 bridgehead atoms. The standard InChI is InChI=1S/C17H17F2NO5S/c1-24-16-9(3-2-4-20-16)8-5-10(18)13(19)12(6-8)25-17-15(23)14(22)11(21)7-26-17/h2-6,11,14-15,17,21-23H,7H2,1H3/t11-,14+,15-,17-/m1/s1. The molecule has 1 fully saturated rings. The summed E-state index contributed by atoms with van der Waals surface area (Å²) in [6.07, 6.45) is -2.51. The highest BCUT2D eigenvalue weighted by atomic mass is 32.2. The Morgan fingerprint density at radius 3 is 2.69 bits per heavy atom. The van der Waals surface area contributed by atoms with Gasteiger partial charge in [-0.3, -0.25) is 0 Å². The number of pyridine rings is 1. The quantitative estimate of drug-likeness (QED) is 0.736. The first-order valence-corrected chi connectivity index (χ1v) is 8.78. The van der Waals surface area contributed by atoms with E-state index < -0.39 is 41.1 Å². The molecule has 1 aliphatic rings. The Morgan fingerprint density at radius 1 is 1.19 bits per heavy atom. The molecule has 1 saturated heterocycles. The van der Waals surface area contributed by atoms with E-state index in [1.807, 2.05) is 0 Å². The minimum absolute atomic E-state index is 0.0864. The zero-order chi connectivity index (χ0) is 18.8. The van der Waals surface area contributed by atoms with Gasteiger partial charge in [0.25, 0.3) is 0 Å². The predicted octanol–water partition coefficient (Wildman–Crippen LogP) is 1.57. The summed E-state index contributed by atoms with van der Waals surface area (Å²) in [7, 11) is 1.41. The molecule has 6 nitrogen and oxygen atoms in total. The van der Waals surface area contributed by atoms with Crippen molar-refractivity contribution >= 4 is 11.8 Å². The number of methoxy groups -OCH3 is 1. The Kier molecular flexibility index (Phi) is 5.61. The maximum absolute atomic E-state index is 14.2. The molecule has 1 aromatic heterocycles. The van der Waals surface area contributed by atoms with Crippen molar-refractivity contribution in [3.63, 3.8) is 0 Å². The van der Waals surface area contributed by atoms with Gasteiger partial charge in [-0.25, -0.2) is 9.37 Å². The van der Waals surface area contributed by atoms with Crippen LogP contribution in [0.5, 0.6) is 11.6 Å². The largest absolute Gasteiger partial charge is 0.481 e. The molecule has 2 heterocycles. The normalized spacial score (nSPS) is 25.8. The fourth-order valence-electron chi connectivity index (χ4n) is 2.59. The molecule has 0 unspecified atom stereocenters. The van der Waals surface area contributed by atoms with Crippen molar-refractivity contribution < 1.29 is 33.6 Å². The van der Waals surface area contributed by atoms with Crippen LogP contribution in [0, 0.1) is 11.6 Å². The average molecular weight is 385 g/mol. The Hall–Kier alpha value is -1.94. The number of benzene rings is 1. The summed E-state index contributed by atoms with van der Waals surface area (Å²) in [6.45, 7) is 0. The number of nitrogens with zero attached hydrogens (tertiary/aromatic N) is 1. The third-order valence-electron chi connectivity index (χ3n) is 3.97. The molecule has 1 aliphatic heterocycles. The van der Waals surface area contributed by atoms with E-state index in [4.69, 9.17) is 9.47 Å². The van der Waals surface area contributed by atoms with Crippen LogP contribution in [0.3, 0.4) is 0 Å². The van der Waals surface area contributed by atoms with Crippen LogP contribution in [0.2, 0.25) is 0 Å². The van der Waals surface area contributed by atoms with Crippen LogP contribution >= 0.6 is 11.8 Å². The van der Waals surface area contributed by atoms with Gasteiger partial charge < -0.3 is 24.8 Å². The lowest BCUT2D eigenvalue weighted by Crippen LogP contribution is -2.50. The molecule has 3 N–H and O–H groups in total. The Labute approximate surface area is 152 Å². The monoisotopic (exact) mass is 385 g/mol. The van der Waals surface area contributed by atoms with Crippen molar-refractivity contribution in [2.75, 3.05) is 12.9 Å². The van der Waals surface area contributed by atoms with E-state index in [1.54, 1.807) is 12.1 Å². The fraction of sp³-hybridized carbons (Fsp3) is 0.353. The number of aliphatic hydroxyl groups excluding tert-OH is 3. The molecule has 26 heavy (non-hydrogen) atoms. The highest BCUT2D eigenvalue weighted by Gasteiger charge is 2.39. The molecule has 1 aromatic carbocycles. The minimum Gasteiger partial charge on any atom is -0.481 e. The lowest BCUT2D eigenvalue weighted by Gasteiger charge is -2.34. The smallest absolute Gasteiger partial charge is 0.221 e. The Balaban J connectivity index is 1.94. The Morgan fingerprint density at radius 2 is 1.96 bits per heavy atom. The molecule has 9 heteroatoms. The van der Waals surface area contributed by atoms with E-state index in [0.717, 1.165) is 17.8 Å². The number of aromatic nitrogens is 1. The van der Waals surface area contributed by atoms with Gasteiger partial charge in [-0.2, -0.15) is 4.39 Å². The van der Waals surface area contributed by atoms with Crippen LogP contribution in [-0.2, 0) is 0 Å². The van der Waals surface area contributed by atoms with Crippen molar-refractivity contribution in [1.29, 1.82) is 0 Å². The minimum atomic E-state index is -1.46. The fourth-order valence-corrected chi connectivity index (χ4v) is 3.70. The van der Waals surface area contributed by atoms with Crippen molar-refractivity contribution in [2.45, 2.75) is 23.7 Å². The van der Waals surface area contributed by atoms with Crippen LogP contribution in [0.1, 0.15) is 0 Å². The summed E-state index contributed by atoms with van der Waals surface area (Å²) in [5, 5.41) is 29.3. The van der Waals surface area contributed by atoms with Gasteiger partial charge in [-0.05, 0) is 29.8 Å². The van der Waals surface area contributed by atoms with Gasteiger partial charge in [0, 0.05) is 17.5 Å². The van der Waals surface area contributed by atoms with Gasteiger partial charge in [-0.1, -0.05) is 0 Å². The van der Waals surface area contributed by atoms with Gasteiger partial charge in [-0.15, -0.1) is 11.8 Å². The summed E-state index contributed by atoms with van der Waals surface area (Å²) in [6, 6.07) is 5.51. The first-order chi connectivity index (χ1) is 12.4. The Bertz CT molecular complexity index is 794. The van der Waals surface area contributed by atoms with E-state index in [2.05, 4.69) is 4.98 Å². The zero-order valence-electron chi connectivity index (χ0n) is 13.7. The number of hydrogen-bond donors (Lipinski definition) is 3. The van der Waals surface area contributed by atoms with Crippen molar-refractivity contribution in [3.05, 3.63) is 42.1 Å². The third-order valence-corrected chi connectivity index (χ3v) is 5.21. The first kappa shape index (κ1) is 18.8. The molecule has 0 saturated carbocycles. The second-order valence-corrected chi connectivity index (χ2v) is 6.83. The van der Waals surface area contributed by atoms with Gasteiger partial charge in [0.1, 0.15) is 12.2 Å². The van der Waals surface area contributed by atoms with Gasteiger partial charge in [0.2, 0.25) is 11.7 Å². The van der Waals surface area contributed by atoms with Gasteiger partial charge >= 0.3 is 0 Å². The summed E-state index contributed by atoms with van der Waals surface area (Å²) in [4.78, 5) is 4.02. The average Bonchev–Trinajstić information content (AvgIpc) is 2.65. The lowest BCUT2D eigenvalue weighted by atomic mass is 10.1. The van der Waals surface area contributed by atoms with E-state index in [1.165, 1.54) is 19.4 Å². The number of ether oxygens (including phenoxy) is 2. The van der Waals surface area contributed by atoms with Crippen LogP contribution in [0.15, 0.2) is 30.5 Å². The molecular formula is C17H17F2NO5S. The van der Waals surface area contributed by atoms with Crippen LogP contribution in [-0.4, -0.2) is 56.9 Å². The van der Waals surface area contributed by atoms with E-state index in [0.29, 0.717) is 5.56 Å². The summed E-state index contributed by atoms with van der Waals surface area (Å²) < 4.78 is 38.8. The zero-order valence-corrected chi connectivity index (χ0v) is 14.5. The number of rotatable bonds is 4. The molecule has 0 spiro atoms. The molecule has 3 rings (SSSR count). The lowest BCUT2D eigenvalue weighted by molar-refractivity contribution is -0.0790. The van der Waals surface area contributed by atoms with Crippen molar-refractivity contribution in [2.24, 2.45) is 0 Å². The van der Waals surface area contributed by atoms with Crippen molar-refractivity contribution in [3.8, 4) is 22.8 Å².